The molecule has 0 aromatic carbocycles. The van der Waals surface area contributed by atoms with Gasteiger partial charge in [0.25, 0.3) is 5.91 Å². The molecule has 3 rings (SSSR count). The molecule has 130 valence electrons. The van der Waals surface area contributed by atoms with Crippen LogP contribution in [0.5, 0.6) is 0 Å². The molecule has 6 heteroatoms. The third kappa shape index (κ3) is 3.23. The van der Waals surface area contributed by atoms with Crippen LogP contribution in [0.25, 0.3) is 0 Å². The fraction of sp³-hybridized carbons (Fsp3) is 0.611. The molecule has 0 bridgehead atoms. The van der Waals surface area contributed by atoms with Crippen LogP contribution in [0.15, 0.2) is 18.3 Å². The molecule has 1 unspecified atom stereocenters. The molecule has 1 N–H and O–H groups in total. The van der Waals surface area contributed by atoms with Crippen LogP contribution in [0.3, 0.4) is 0 Å². The summed E-state index contributed by atoms with van der Waals surface area (Å²) in [5.41, 5.74) is -0.116. The zero-order valence-electron chi connectivity index (χ0n) is 14.4. The third-order valence-corrected chi connectivity index (χ3v) is 5.38. The van der Waals surface area contributed by atoms with Crippen molar-refractivity contribution in [3.05, 3.63) is 23.9 Å². The van der Waals surface area contributed by atoms with Crippen LogP contribution in [0.1, 0.15) is 43.5 Å². The second-order valence-electron chi connectivity index (χ2n) is 7.42. The lowest BCUT2D eigenvalue weighted by atomic mass is 9.90. The summed E-state index contributed by atoms with van der Waals surface area (Å²) in [5.74, 6) is 0.700. The van der Waals surface area contributed by atoms with Crippen LogP contribution in [-0.2, 0) is 4.79 Å². The Hall–Kier alpha value is -2.11. The topological polar surface area (TPSA) is 73.7 Å². The lowest BCUT2D eigenvalue weighted by Crippen LogP contribution is -2.38. The number of piperidine rings is 1. The molecule has 0 saturated carbocycles. The van der Waals surface area contributed by atoms with Gasteiger partial charge in [-0.1, -0.05) is 6.92 Å². The molecule has 2 aliphatic heterocycles. The summed E-state index contributed by atoms with van der Waals surface area (Å²) >= 11 is 0. The Labute approximate surface area is 142 Å². The van der Waals surface area contributed by atoms with Gasteiger partial charge in [-0.05, 0) is 44.2 Å². The van der Waals surface area contributed by atoms with Gasteiger partial charge in [-0.25, -0.2) is 4.98 Å². The van der Waals surface area contributed by atoms with Crippen molar-refractivity contribution in [2.24, 2.45) is 11.3 Å². The maximum atomic E-state index is 12.5. The van der Waals surface area contributed by atoms with Crippen molar-refractivity contribution >= 4 is 17.7 Å². The van der Waals surface area contributed by atoms with Crippen LogP contribution in [-0.4, -0.2) is 53.0 Å². The summed E-state index contributed by atoms with van der Waals surface area (Å²) in [6, 6.07) is 3.63. The fourth-order valence-electron chi connectivity index (χ4n) is 3.43. The van der Waals surface area contributed by atoms with Crippen molar-refractivity contribution in [1.29, 1.82) is 0 Å². The number of aliphatic carboxylic acids is 1. The quantitative estimate of drug-likeness (QED) is 0.919. The van der Waals surface area contributed by atoms with Crippen LogP contribution in [0, 0.1) is 11.3 Å². The van der Waals surface area contributed by atoms with E-state index in [0.29, 0.717) is 31.0 Å². The van der Waals surface area contributed by atoms with Gasteiger partial charge in [0.05, 0.1) is 11.0 Å². The number of hydrogen-bond donors (Lipinski definition) is 1. The molecule has 3 heterocycles. The number of nitrogens with zero attached hydrogens (tertiary/aromatic N) is 3. The lowest BCUT2D eigenvalue weighted by Gasteiger charge is -2.30. The van der Waals surface area contributed by atoms with Crippen LogP contribution in [0.2, 0.25) is 0 Å². The third-order valence-electron chi connectivity index (χ3n) is 5.38. The van der Waals surface area contributed by atoms with E-state index in [9.17, 15) is 14.7 Å². The highest BCUT2D eigenvalue weighted by molar-refractivity contribution is 5.94. The number of carbonyl (C=O) groups is 2. The second kappa shape index (κ2) is 6.42. The molecule has 1 aromatic heterocycles. The van der Waals surface area contributed by atoms with Crippen molar-refractivity contribution in [3.8, 4) is 0 Å². The van der Waals surface area contributed by atoms with Gasteiger partial charge in [0.1, 0.15) is 5.82 Å². The Morgan fingerprint density at radius 3 is 2.50 bits per heavy atom. The molecule has 1 atom stereocenters. The molecule has 1 aromatic rings. The Morgan fingerprint density at radius 1 is 1.25 bits per heavy atom. The van der Waals surface area contributed by atoms with E-state index in [1.54, 1.807) is 19.2 Å². The minimum atomic E-state index is -0.767. The van der Waals surface area contributed by atoms with E-state index in [4.69, 9.17) is 0 Å². The number of aromatic nitrogens is 1. The maximum absolute atomic E-state index is 12.5. The van der Waals surface area contributed by atoms with Crippen molar-refractivity contribution in [2.45, 2.75) is 33.1 Å². The highest BCUT2D eigenvalue weighted by Gasteiger charge is 2.40. The monoisotopic (exact) mass is 331 g/mol. The number of hydrogen-bond acceptors (Lipinski definition) is 4. The van der Waals surface area contributed by atoms with E-state index in [1.165, 1.54) is 0 Å². The number of likely N-dealkylation sites (tertiary alicyclic amines) is 1. The zero-order chi connectivity index (χ0) is 17.3. The van der Waals surface area contributed by atoms with E-state index >= 15 is 0 Å². The van der Waals surface area contributed by atoms with E-state index < -0.39 is 11.4 Å². The van der Waals surface area contributed by atoms with Gasteiger partial charge in [-0.3, -0.25) is 9.59 Å². The average Bonchev–Trinajstić information content (AvgIpc) is 2.99. The largest absolute Gasteiger partial charge is 0.481 e. The number of rotatable bonds is 3. The molecule has 24 heavy (non-hydrogen) atoms. The number of amides is 1. The van der Waals surface area contributed by atoms with Crippen molar-refractivity contribution in [3.63, 3.8) is 0 Å². The van der Waals surface area contributed by atoms with Gasteiger partial charge < -0.3 is 14.9 Å². The highest BCUT2D eigenvalue weighted by Crippen LogP contribution is 2.32. The maximum Gasteiger partial charge on any atom is 0.311 e. The molecule has 0 radical (unpaired) electrons. The van der Waals surface area contributed by atoms with E-state index in [-0.39, 0.29) is 5.91 Å². The standard InChI is InChI=1S/C18H25N3O3/c1-13-5-8-20(9-6-13)16(22)14-3-4-15(19-11-14)21-10-7-18(2,12-21)17(23)24/h3-4,11,13H,5-10,12H2,1-2H3,(H,23,24). The predicted octanol–water partition coefficient (Wildman–Crippen LogP) is 2.25. The van der Waals surface area contributed by atoms with Crippen molar-refractivity contribution < 1.29 is 14.7 Å². The second-order valence-corrected chi connectivity index (χ2v) is 7.42. The summed E-state index contributed by atoms with van der Waals surface area (Å²) in [6.45, 7) is 6.74. The summed E-state index contributed by atoms with van der Waals surface area (Å²) in [7, 11) is 0. The molecular formula is C18H25N3O3. The van der Waals surface area contributed by atoms with Crippen molar-refractivity contribution in [2.75, 3.05) is 31.1 Å². The molecule has 2 fully saturated rings. The van der Waals surface area contributed by atoms with Gasteiger partial charge >= 0.3 is 5.97 Å². The summed E-state index contributed by atoms with van der Waals surface area (Å²) in [6.07, 6.45) is 4.33. The molecule has 0 spiro atoms. The number of anilines is 1. The first kappa shape index (κ1) is 16.7. The molecule has 0 aliphatic carbocycles. The Bertz CT molecular complexity index is 623. The van der Waals surface area contributed by atoms with Gasteiger partial charge in [0.15, 0.2) is 0 Å². The van der Waals surface area contributed by atoms with E-state index in [2.05, 4.69) is 11.9 Å². The van der Waals surface area contributed by atoms with Gasteiger partial charge in [0.2, 0.25) is 0 Å². The Kier molecular flexibility index (Phi) is 4.47. The number of carboxylic acid groups (broad SMARTS) is 1. The van der Waals surface area contributed by atoms with Crippen LogP contribution >= 0.6 is 0 Å². The highest BCUT2D eigenvalue weighted by atomic mass is 16.4. The SMILES string of the molecule is CC1CCN(C(=O)c2ccc(N3CCC(C)(C(=O)O)C3)nc2)CC1. The molecule has 1 amide bonds. The average molecular weight is 331 g/mol. The Morgan fingerprint density at radius 2 is 1.96 bits per heavy atom. The minimum absolute atomic E-state index is 0.0396. The first-order valence-electron chi connectivity index (χ1n) is 8.63. The summed E-state index contributed by atoms with van der Waals surface area (Å²) in [5, 5.41) is 9.32. The lowest BCUT2D eigenvalue weighted by molar-refractivity contribution is -0.146. The summed E-state index contributed by atoms with van der Waals surface area (Å²) in [4.78, 5) is 32.1. The van der Waals surface area contributed by atoms with Gasteiger partial charge in [-0.2, -0.15) is 0 Å². The normalized spacial score (nSPS) is 25.1. The predicted molar refractivity (Wildman–Crippen MR) is 91.1 cm³/mol. The number of pyridine rings is 1. The fourth-order valence-corrected chi connectivity index (χ4v) is 3.43. The van der Waals surface area contributed by atoms with Crippen molar-refractivity contribution in [1.82, 2.24) is 9.88 Å². The molecular weight excluding hydrogens is 306 g/mol. The van der Waals surface area contributed by atoms with Crippen LogP contribution in [0.4, 0.5) is 5.82 Å². The number of carboxylic acids is 1. The van der Waals surface area contributed by atoms with E-state index in [1.807, 2.05) is 15.9 Å². The Balaban J connectivity index is 1.66. The summed E-state index contributed by atoms with van der Waals surface area (Å²) < 4.78 is 0. The minimum Gasteiger partial charge on any atom is -0.481 e. The molecule has 2 aliphatic rings. The molecule has 2 saturated heterocycles. The van der Waals surface area contributed by atoms with Gasteiger partial charge in [-0.15, -0.1) is 0 Å². The smallest absolute Gasteiger partial charge is 0.311 e. The zero-order valence-corrected chi connectivity index (χ0v) is 14.4. The first-order valence-corrected chi connectivity index (χ1v) is 8.63. The number of carbonyl (C=O) groups excluding carboxylic acids is 1. The van der Waals surface area contributed by atoms with Crippen LogP contribution < -0.4 is 4.90 Å². The molecule has 6 nitrogen and oxygen atoms in total. The first-order chi connectivity index (χ1) is 11.4. The van der Waals surface area contributed by atoms with E-state index in [0.717, 1.165) is 31.7 Å². The van der Waals surface area contributed by atoms with Gasteiger partial charge in [0, 0.05) is 32.4 Å².